The fraction of sp³-hybridized carbons (Fsp3) is 0.561. The highest BCUT2D eigenvalue weighted by Gasteiger charge is 2.52. The van der Waals surface area contributed by atoms with Gasteiger partial charge in [-0.2, -0.15) is 16.8 Å². The van der Waals surface area contributed by atoms with E-state index in [0.717, 1.165) is 30.8 Å². The maximum atomic E-state index is 12.3. The second-order valence-corrected chi connectivity index (χ2v) is 18.6. The number of benzene rings is 2. The Bertz CT molecular complexity index is 2440. The van der Waals surface area contributed by atoms with Crippen molar-refractivity contribution in [2.75, 3.05) is 70.7 Å². The van der Waals surface area contributed by atoms with E-state index >= 15 is 0 Å². The minimum Gasteiger partial charge on any atom is -0.494 e. The number of nitrogens with one attached hydrogen (secondary N) is 2. The number of carbonyl (C=O) groups excluding carboxylic acids is 4. The highest BCUT2D eigenvalue weighted by molar-refractivity contribution is 7.86. The number of hydrogen-bond donors (Lipinski definition) is 9. The maximum absolute atomic E-state index is 12.3. The van der Waals surface area contributed by atoms with Gasteiger partial charge >= 0.3 is 23.9 Å². The van der Waals surface area contributed by atoms with Crippen molar-refractivity contribution >= 4 is 55.8 Å². The highest BCUT2D eigenvalue weighted by Crippen LogP contribution is 2.29. The summed E-state index contributed by atoms with van der Waals surface area (Å²) in [6, 6.07) is 14.4. The topological polar surface area (TPSA) is 575 Å². The summed E-state index contributed by atoms with van der Waals surface area (Å²) in [5.41, 5.74) is 12.2. The summed E-state index contributed by atoms with van der Waals surface area (Å²) >= 11 is 0. The van der Waals surface area contributed by atoms with E-state index < -0.39 is 178 Å². The van der Waals surface area contributed by atoms with Gasteiger partial charge in [-0.1, -0.05) is 0 Å². The van der Waals surface area contributed by atoms with Crippen molar-refractivity contribution in [3.8, 4) is 11.5 Å². The minimum absolute atomic E-state index is 0.0579. The van der Waals surface area contributed by atoms with Crippen molar-refractivity contribution in [2.24, 2.45) is 11.5 Å². The summed E-state index contributed by atoms with van der Waals surface area (Å²) in [5.74, 6) is -4.53. The zero-order chi connectivity index (χ0) is 60.3. The molecule has 0 radical (unpaired) electrons. The van der Waals surface area contributed by atoms with E-state index in [1.165, 1.54) is 0 Å². The van der Waals surface area contributed by atoms with Gasteiger partial charge in [-0.05, 0) is 67.8 Å². The van der Waals surface area contributed by atoms with E-state index in [9.17, 15) is 81.6 Å². The molecule has 1 aliphatic rings. The van der Waals surface area contributed by atoms with E-state index in [4.69, 9.17) is 74.8 Å². The lowest BCUT2D eigenvalue weighted by atomic mass is 9.98. The lowest BCUT2D eigenvalue weighted by molar-refractivity contribution is -0.479. The Morgan fingerprint density at radius 2 is 0.886 bits per heavy atom. The van der Waals surface area contributed by atoms with Crippen LogP contribution in [0.1, 0.15) is 56.1 Å². The zero-order valence-corrected chi connectivity index (χ0v) is 43.3. The van der Waals surface area contributed by atoms with Crippen LogP contribution in [0.5, 0.6) is 11.5 Å². The number of unbranched alkanes of at least 4 members (excludes halogenated alkanes) is 2. The molecule has 1 aliphatic heterocycles. The van der Waals surface area contributed by atoms with Crippen molar-refractivity contribution in [3.63, 3.8) is 0 Å². The molecule has 0 aromatic heterocycles. The first-order valence-electron chi connectivity index (χ1n) is 22.7. The third-order valence-electron chi connectivity index (χ3n) is 9.17. The van der Waals surface area contributed by atoms with Crippen molar-refractivity contribution in [1.29, 1.82) is 10.8 Å². The third-order valence-corrected chi connectivity index (χ3v) is 10.6. The standard InChI is InChI=1S/C19H24N4O2.C18H24N4O18.2C2H6O4S/c20-18(21)14-4-8-16(9-5-14)24-12-2-1-3-13-25-17-10-6-15(7-11-17)19(22)23;23-11(1-5-19(28)29)36-9-10-15(38-12(24)2-6-20(30)31)16(39-13(25)3-7-21(32)33)17(18(27)37-10)40-14(26)4-8-22(34)35;2*3-1-2-7(4,5)6/h4-11H,1-3,12-13H2,(H3,20,21)(H3,22,23);10,15-18,27H,1-9H2;2*3H,1-2H2,(H,4,5,6). The van der Waals surface area contributed by atoms with Crippen LogP contribution in [0.15, 0.2) is 48.5 Å². The average Bonchev–Trinajstić information content (AvgIpc) is 3.35. The lowest BCUT2D eigenvalue weighted by Crippen LogP contribution is -2.62. The average molecular weight is 1180 g/mol. The predicted octanol–water partition coefficient (Wildman–Crippen LogP) is -1.73. The SMILES string of the molecule is N=C(N)c1ccc(OCCCCCOc2ccc(C(=N)N)cc2)cc1.O=C(CC[N+](=O)[O-])OCC1OC(O)C(OC(=O)CC[N+](=O)[O-])C(OC(=O)CC[N+](=O)[O-])C1OC(=O)CC[N+](=O)[O-].O=S(=O)(O)CCO.O=S(=O)(O)CCO. The Hall–Kier alpha value is -7.88. The van der Waals surface area contributed by atoms with Crippen LogP contribution in [0, 0.1) is 51.3 Å². The molecule has 1 fully saturated rings. The Labute approximate surface area is 448 Å². The third kappa shape index (κ3) is 36.0. The smallest absolute Gasteiger partial charge is 0.313 e. The second-order valence-electron chi connectivity index (χ2n) is 15.5. The van der Waals surface area contributed by atoms with Crippen LogP contribution in [0.4, 0.5) is 0 Å². The molecule has 38 heteroatoms. The molecule has 0 amide bonds. The largest absolute Gasteiger partial charge is 0.494 e. The number of aliphatic hydroxyl groups excluding tert-OH is 3. The van der Waals surface area contributed by atoms with Crippen molar-refractivity contribution in [1.82, 2.24) is 0 Å². The number of esters is 4. The number of hydrogen-bond acceptors (Lipinski definition) is 28. The molecule has 0 spiro atoms. The molecule has 11 N–H and O–H groups in total. The Morgan fingerprint density at radius 3 is 1.19 bits per heavy atom. The van der Waals surface area contributed by atoms with Gasteiger partial charge in [0.15, 0.2) is 24.6 Å². The molecule has 5 unspecified atom stereocenters. The number of nitrogens with zero attached hydrogens (tertiary/aromatic N) is 4. The van der Waals surface area contributed by atoms with Gasteiger partial charge in [-0.3, -0.25) is 79.6 Å². The van der Waals surface area contributed by atoms with Gasteiger partial charge in [-0.25, -0.2) is 0 Å². The number of amidine groups is 2. The number of nitrogen functional groups attached to an aromatic ring is 2. The molecule has 1 heterocycles. The van der Waals surface area contributed by atoms with Gasteiger partial charge < -0.3 is 59.9 Å². The van der Waals surface area contributed by atoms with Crippen LogP contribution >= 0.6 is 0 Å². The predicted molar refractivity (Wildman–Crippen MR) is 264 cm³/mol. The van der Waals surface area contributed by atoms with Crippen molar-refractivity contribution in [2.45, 2.75) is 75.7 Å². The molecule has 2 aromatic rings. The van der Waals surface area contributed by atoms with Crippen LogP contribution in [0.2, 0.25) is 0 Å². The number of rotatable bonds is 31. The van der Waals surface area contributed by atoms with Crippen LogP contribution in [0.25, 0.3) is 0 Å². The highest BCUT2D eigenvalue weighted by atomic mass is 32.2. The Balaban J connectivity index is 0.00000131. The van der Waals surface area contributed by atoms with Gasteiger partial charge in [0, 0.05) is 30.8 Å². The van der Waals surface area contributed by atoms with Crippen LogP contribution in [-0.4, -0.2) is 198 Å². The number of aliphatic hydroxyl groups is 3. The molecular formula is C41H60N8O28S2. The minimum atomic E-state index is -3.92. The van der Waals surface area contributed by atoms with Gasteiger partial charge in [0.05, 0.1) is 37.9 Å². The Morgan fingerprint density at radius 1 is 0.557 bits per heavy atom. The molecule has 1 saturated heterocycles. The van der Waals surface area contributed by atoms with Crippen LogP contribution < -0.4 is 20.9 Å². The normalized spacial score (nSPS) is 16.4. The van der Waals surface area contributed by atoms with Gasteiger partial charge in [0.1, 0.15) is 61.6 Å². The Kier molecular flexibility index (Phi) is 34.0. The summed E-state index contributed by atoms with van der Waals surface area (Å²) in [5, 5.41) is 83.1. The fourth-order valence-electron chi connectivity index (χ4n) is 5.49. The van der Waals surface area contributed by atoms with Crippen molar-refractivity contribution in [3.05, 3.63) is 100 Å². The lowest BCUT2D eigenvalue weighted by Gasteiger charge is -2.42. The van der Waals surface area contributed by atoms with E-state index in [2.05, 4.69) is 0 Å². The van der Waals surface area contributed by atoms with Gasteiger partial charge in [0.25, 0.3) is 20.2 Å². The molecule has 3 rings (SSSR count). The molecule has 0 aliphatic carbocycles. The number of nitro groups is 4. The molecular weight excluding hydrogens is 1120 g/mol. The zero-order valence-electron chi connectivity index (χ0n) is 41.6. The first-order valence-corrected chi connectivity index (χ1v) is 25.9. The summed E-state index contributed by atoms with van der Waals surface area (Å²) in [6.45, 7) is -4.23. The number of nitrogens with two attached hydrogens (primary N) is 2. The molecule has 2 aromatic carbocycles. The summed E-state index contributed by atoms with van der Waals surface area (Å²) in [4.78, 5) is 87.3. The molecule has 444 valence electrons. The van der Waals surface area contributed by atoms with Crippen LogP contribution in [0.3, 0.4) is 0 Å². The second kappa shape index (κ2) is 37.8. The summed E-state index contributed by atoms with van der Waals surface area (Å²) in [6.07, 6.45) is -10.3. The van der Waals surface area contributed by atoms with E-state index in [1.807, 2.05) is 24.3 Å². The molecule has 79 heavy (non-hydrogen) atoms. The van der Waals surface area contributed by atoms with Gasteiger partial charge in [0.2, 0.25) is 26.2 Å². The van der Waals surface area contributed by atoms with E-state index in [1.54, 1.807) is 24.3 Å². The van der Waals surface area contributed by atoms with Gasteiger partial charge in [-0.15, -0.1) is 0 Å². The quantitative estimate of drug-likeness (QED) is 0.00592. The molecule has 5 atom stereocenters. The summed E-state index contributed by atoms with van der Waals surface area (Å²) in [7, 11) is -7.85. The first kappa shape index (κ1) is 71.1. The van der Waals surface area contributed by atoms with E-state index in [-0.39, 0.29) is 11.7 Å². The maximum Gasteiger partial charge on any atom is 0.313 e. The van der Waals surface area contributed by atoms with Crippen molar-refractivity contribution < 1.29 is 113 Å². The number of carbonyl (C=O) groups is 4. The van der Waals surface area contributed by atoms with Crippen LogP contribution in [-0.2, 0) is 63.1 Å². The molecule has 0 bridgehead atoms. The fourth-order valence-corrected chi connectivity index (χ4v) is 5.96. The molecule has 36 nitrogen and oxygen atoms in total. The number of ether oxygens (including phenoxy) is 7. The summed E-state index contributed by atoms with van der Waals surface area (Å²) < 4.78 is 90.6. The van der Waals surface area contributed by atoms with E-state index in [0.29, 0.717) is 24.3 Å². The monoisotopic (exact) mass is 1180 g/mol. The molecule has 0 saturated carbocycles. The first-order chi connectivity index (χ1) is 36.9.